The van der Waals surface area contributed by atoms with Gasteiger partial charge in [0.1, 0.15) is 5.75 Å². The van der Waals surface area contributed by atoms with Gasteiger partial charge in [-0.25, -0.2) is 0 Å². The highest BCUT2D eigenvalue weighted by Gasteiger charge is 2.04. The Bertz CT molecular complexity index is 377. The van der Waals surface area contributed by atoms with E-state index in [1.54, 1.807) is 0 Å². The second-order valence-electron chi connectivity index (χ2n) is 4.42. The van der Waals surface area contributed by atoms with Gasteiger partial charge in [-0.05, 0) is 38.0 Å². The molecule has 0 aliphatic heterocycles. The number of ether oxygens (including phenoxy) is 1. The first-order valence-corrected chi connectivity index (χ1v) is 6.25. The molecule has 0 aliphatic rings. The maximum atomic E-state index is 11.6. The number of nitrogens with one attached hydrogen (secondary N) is 1. The number of aliphatic hydroxyl groups excluding tert-OH is 1. The molecule has 1 amide bonds. The van der Waals surface area contributed by atoms with Crippen molar-refractivity contribution < 1.29 is 14.6 Å². The molecule has 18 heavy (non-hydrogen) atoms. The minimum absolute atomic E-state index is 0.0369. The van der Waals surface area contributed by atoms with Gasteiger partial charge in [-0.15, -0.1) is 0 Å². The highest BCUT2D eigenvalue weighted by molar-refractivity contribution is 5.78. The van der Waals surface area contributed by atoms with E-state index in [9.17, 15) is 4.79 Å². The van der Waals surface area contributed by atoms with Gasteiger partial charge in [-0.2, -0.15) is 0 Å². The van der Waals surface area contributed by atoms with Gasteiger partial charge in [0.25, 0.3) is 0 Å². The standard InChI is InChI=1S/C14H21NO3/c1-11(2)18-13-6-3-5-12(9-13)10-14(17)15-7-4-8-16/h3,5-6,9,11,16H,4,7-8,10H2,1-2H3,(H,15,17). The van der Waals surface area contributed by atoms with Crippen LogP contribution in [0.5, 0.6) is 5.75 Å². The summed E-state index contributed by atoms with van der Waals surface area (Å²) in [6.45, 7) is 4.54. The van der Waals surface area contributed by atoms with Crippen LogP contribution in [0.15, 0.2) is 24.3 Å². The highest BCUT2D eigenvalue weighted by atomic mass is 16.5. The fraction of sp³-hybridized carbons (Fsp3) is 0.500. The number of hydrogen-bond acceptors (Lipinski definition) is 3. The van der Waals surface area contributed by atoms with Crippen molar-refractivity contribution >= 4 is 5.91 Å². The Morgan fingerprint density at radius 2 is 2.22 bits per heavy atom. The quantitative estimate of drug-likeness (QED) is 0.722. The van der Waals surface area contributed by atoms with Crippen molar-refractivity contribution in [3.05, 3.63) is 29.8 Å². The summed E-state index contributed by atoms with van der Waals surface area (Å²) in [7, 11) is 0. The van der Waals surface area contributed by atoms with Crippen LogP contribution < -0.4 is 10.1 Å². The molecule has 1 aromatic carbocycles. The van der Waals surface area contributed by atoms with E-state index in [4.69, 9.17) is 9.84 Å². The van der Waals surface area contributed by atoms with E-state index < -0.39 is 0 Å². The number of carbonyl (C=O) groups excluding carboxylic acids is 1. The molecule has 0 heterocycles. The molecule has 100 valence electrons. The predicted molar refractivity (Wildman–Crippen MR) is 70.6 cm³/mol. The van der Waals surface area contributed by atoms with Crippen LogP contribution in [0.4, 0.5) is 0 Å². The van der Waals surface area contributed by atoms with E-state index in [1.807, 2.05) is 38.1 Å². The first-order valence-electron chi connectivity index (χ1n) is 6.25. The zero-order valence-electron chi connectivity index (χ0n) is 11.0. The summed E-state index contributed by atoms with van der Waals surface area (Å²) >= 11 is 0. The third-order valence-electron chi connectivity index (χ3n) is 2.29. The fourth-order valence-electron chi connectivity index (χ4n) is 1.56. The molecule has 0 atom stereocenters. The van der Waals surface area contributed by atoms with Crippen molar-refractivity contribution in [2.45, 2.75) is 32.8 Å². The molecule has 0 radical (unpaired) electrons. The Kier molecular flexibility index (Phi) is 6.22. The van der Waals surface area contributed by atoms with Crippen molar-refractivity contribution in [1.82, 2.24) is 5.32 Å². The second-order valence-corrected chi connectivity index (χ2v) is 4.42. The Labute approximate surface area is 108 Å². The molecule has 0 aliphatic carbocycles. The summed E-state index contributed by atoms with van der Waals surface area (Å²) in [4.78, 5) is 11.6. The lowest BCUT2D eigenvalue weighted by atomic mass is 10.1. The zero-order chi connectivity index (χ0) is 13.4. The Morgan fingerprint density at radius 3 is 2.89 bits per heavy atom. The zero-order valence-corrected chi connectivity index (χ0v) is 11.0. The first-order chi connectivity index (χ1) is 8.61. The minimum Gasteiger partial charge on any atom is -0.491 e. The van der Waals surface area contributed by atoms with Gasteiger partial charge >= 0.3 is 0 Å². The molecule has 2 N–H and O–H groups in total. The van der Waals surface area contributed by atoms with Crippen molar-refractivity contribution in [1.29, 1.82) is 0 Å². The topological polar surface area (TPSA) is 58.6 Å². The average Bonchev–Trinajstić information content (AvgIpc) is 2.28. The number of rotatable bonds is 7. The molecule has 0 aromatic heterocycles. The van der Waals surface area contributed by atoms with E-state index in [1.165, 1.54) is 0 Å². The monoisotopic (exact) mass is 251 g/mol. The number of aliphatic hydroxyl groups is 1. The van der Waals surface area contributed by atoms with Gasteiger partial charge < -0.3 is 15.2 Å². The van der Waals surface area contributed by atoms with Crippen LogP contribution in [0.2, 0.25) is 0 Å². The molecule has 0 saturated heterocycles. The fourth-order valence-corrected chi connectivity index (χ4v) is 1.56. The number of amides is 1. The molecule has 0 fully saturated rings. The van der Waals surface area contributed by atoms with E-state index >= 15 is 0 Å². The lowest BCUT2D eigenvalue weighted by molar-refractivity contribution is -0.120. The van der Waals surface area contributed by atoms with Crippen LogP contribution in [-0.2, 0) is 11.2 Å². The maximum absolute atomic E-state index is 11.6. The van der Waals surface area contributed by atoms with Crippen molar-refractivity contribution in [2.24, 2.45) is 0 Å². The summed E-state index contributed by atoms with van der Waals surface area (Å²) in [5, 5.41) is 11.4. The Hall–Kier alpha value is -1.55. The van der Waals surface area contributed by atoms with Crippen LogP contribution in [0.1, 0.15) is 25.8 Å². The number of hydrogen-bond donors (Lipinski definition) is 2. The van der Waals surface area contributed by atoms with Crippen molar-refractivity contribution in [3.63, 3.8) is 0 Å². The molecule has 0 saturated carbocycles. The van der Waals surface area contributed by atoms with Crippen molar-refractivity contribution in [2.75, 3.05) is 13.2 Å². The molecule has 1 rings (SSSR count). The molecule has 0 spiro atoms. The van der Waals surface area contributed by atoms with Crippen LogP contribution in [-0.4, -0.2) is 30.3 Å². The van der Waals surface area contributed by atoms with Gasteiger partial charge in [0.2, 0.25) is 5.91 Å². The SMILES string of the molecule is CC(C)Oc1cccc(CC(=O)NCCCO)c1. The lowest BCUT2D eigenvalue weighted by Crippen LogP contribution is -2.26. The summed E-state index contributed by atoms with van der Waals surface area (Å²) in [5.74, 6) is 0.746. The van der Waals surface area contributed by atoms with Gasteiger partial charge in [0.05, 0.1) is 12.5 Å². The predicted octanol–water partition coefficient (Wildman–Crippen LogP) is 1.51. The maximum Gasteiger partial charge on any atom is 0.224 e. The molecule has 4 heteroatoms. The summed E-state index contributed by atoms with van der Waals surface area (Å²) in [6.07, 6.45) is 1.04. The third kappa shape index (κ3) is 5.68. The van der Waals surface area contributed by atoms with Crippen molar-refractivity contribution in [3.8, 4) is 5.75 Å². The number of carbonyl (C=O) groups is 1. The molecular weight excluding hydrogens is 230 g/mol. The van der Waals surface area contributed by atoms with Gasteiger partial charge in [-0.1, -0.05) is 12.1 Å². The molecule has 0 bridgehead atoms. The smallest absolute Gasteiger partial charge is 0.224 e. The summed E-state index contributed by atoms with van der Waals surface area (Å²) < 4.78 is 5.57. The van der Waals surface area contributed by atoms with E-state index in [2.05, 4.69) is 5.32 Å². The highest BCUT2D eigenvalue weighted by Crippen LogP contribution is 2.15. The molecule has 0 unspecified atom stereocenters. The number of benzene rings is 1. The van der Waals surface area contributed by atoms with E-state index in [0.717, 1.165) is 11.3 Å². The lowest BCUT2D eigenvalue weighted by Gasteiger charge is -2.11. The van der Waals surface area contributed by atoms with Crippen LogP contribution in [0.3, 0.4) is 0 Å². The largest absolute Gasteiger partial charge is 0.491 e. The average molecular weight is 251 g/mol. The normalized spacial score (nSPS) is 10.4. The molecule has 1 aromatic rings. The molecular formula is C14H21NO3. The Morgan fingerprint density at radius 1 is 1.44 bits per heavy atom. The summed E-state index contributed by atoms with van der Waals surface area (Å²) in [5.41, 5.74) is 0.926. The second kappa shape index (κ2) is 7.71. The van der Waals surface area contributed by atoms with Crippen LogP contribution >= 0.6 is 0 Å². The van der Waals surface area contributed by atoms with Gasteiger partial charge in [-0.3, -0.25) is 4.79 Å². The van der Waals surface area contributed by atoms with E-state index in [0.29, 0.717) is 19.4 Å². The van der Waals surface area contributed by atoms with Crippen LogP contribution in [0, 0.1) is 0 Å². The summed E-state index contributed by atoms with van der Waals surface area (Å²) in [6, 6.07) is 7.55. The first kappa shape index (κ1) is 14.5. The Balaban J connectivity index is 2.48. The van der Waals surface area contributed by atoms with E-state index in [-0.39, 0.29) is 18.6 Å². The van der Waals surface area contributed by atoms with Gasteiger partial charge in [0.15, 0.2) is 0 Å². The third-order valence-corrected chi connectivity index (χ3v) is 2.29. The van der Waals surface area contributed by atoms with Crippen LogP contribution in [0.25, 0.3) is 0 Å². The minimum atomic E-state index is -0.0369. The molecule has 4 nitrogen and oxygen atoms in total. The van der Waals surface area contributed by atoms with Gasteiger partial charge in [0, 0.05) is 13.2 Å².